The molecule has 0 bridgehead atoms. The fourth-order valence-corrected chi connectivity index (χ4v) is 2.47. The van der Waals surface area contributed by atoms with E-state index >= 15 is 0 Å². The first-order valence-electron chi connectivity index (χ1n) is 6.37. The van der Waals surface area contributed by atoms with E-state index in [1.807, 2.05) is 4.90 Å². The lowest BCUT2D eigenvalue weighted by molar-refractivity contribution is 0.0600. The van der Waals surface area contributed by atoms with Crippen LogP contribution >= 0.6 is 0 Å². The number of rotatable bonds is 4. The van der Waals surface area contributed by atoms with E-state index in [2.05, 4.69) is 4.74 Å². The molecule has 1 N–H and O–H groups in total. The molecule has 0 amide bonds. The molecule has 0 aromatic heterocycles. The molecule has 0 saturated carbocycles. The number of hydrogen-bond acceptors (Lipinski definition) is 4. The van der Waals surface area contributed by atoms with Crippen LogP contribution in [0, 0.1) is 5.82 Å². The monoisotopic (exact) mass is 267 g/mol. The molecule has 0 unspecified atom stereocenters. The molecule has 1 fully saturated rings. The normalized spacial score (nSPS) is 19.6. The van der Waals surface area contributed by atoms with Gasteiger partial charge in [0.15, 0.2) is 0 Å². The summed E-state index contributed by atoms with van der Waals surface area (Å²) in [5, 5.41) is 9.26. The number of nitrogens with zero attached hydrogens (tertiary/aromatic N) is 1. The minimum absolute atomic E-state index is 0.0817. The van der Waals surface area contributed by atoms with Gasteiger partial charge in [0.2, 0.25) is 0 Å². The summed E-state index contributed by atoms with van der Waals surface area (Å²) in [4.78, 5) is 13.5. The van der Waals surface area contributed by atoms with Gasteiger partial charge in [0.05, 0.1) is 19.3 Å². The van der Waals surface area contributed by atoms with Crippen LogP contribution in [0.5, 0.6) is 0 Å². The lowest BCUT2D eigenvalue weighted by Gasteiger charge is -2.23. The number of methoxy groups -OCH3 is 1. The van der Waals surface area contributed by atoms with Crippen LogP contribution in [0.25, 0.3) is 0 Å². The van der Waals surface area contributed by atoms with Gasteiger partial charge in [0.1, 0.15) is 5.82 Å². The number of aliphatic hydroxyl groups excluding tert-OH is 1. The van der Waals surface area contributed by atoms with Gasteiger partial charge in [-0.1, -0.05) is 0 Å². The smallest absolute Gasteiger partial charge is 0.337 e. The molecular weight excluding hydrogens is 249 g/mol. The van der Waals surface area contributed by atoms with Crippen molar-refractivity contribution in [1.82, 2.24) is 4.90 Å². The number of carbonyl (C=O) groups is 1. The Morgan fingerprint density at radius 3 is 3.05 bits per heavy atom. The lowest BCUT2D eigenvalue weighted by atomic mass is 10.1. The highest BCUT2D eigenvalue weighted by Crippen LogP contribution is 2.21. The standard InChI is InChI=1S/C14H18FNO3/c1-19-14(18)10-4-5-13(15)11(7-10)8-16-6-2-3-12(16)9-17/h4-5,7,12,17H,2-3,6,8-9H2,1H3/t12-/m1/s1. The maximum atomic E-state index is 13.8. The molecule has 2 rings (SSSR count). The zero-order chi connectivity index (χ0) is 13.8. The van der Waals surface area contributed by atoms with Crippen molar-refractivity contribution in [3.63, 3.8) is 0 Å². The number of likely N-dealkylation sites (tertiary alicyclic amines) is 1. The summed E-state index contributed by atoms with van der Waals surface area (Å²) in [6, 6.07) is 4.30. The van der Waals surface area contributed by atoms with Crippen LogP contribution in [0.2, 0.25) is 0 Å². The highest BCUT2D eigenvalue weighted by atomic mass is 19.1. The van der Waals surface area contributed by atoms with Crippen molar-refractivity contribution in [3.05, 3.63) is 35.1 Å². The Kier molecular flexibility index (Phi) is 4.50. The summed E-state index contributed by atoms with van der Waals surface area (Å²) in [6.45, 7) is 1.33. The van der Waals surface area contributed by atoms with E-state index in [4.69, 9.17) is 0 Å². The topological polar surface area (TPSA) is 49.8 Å². The maximum Gasteiger partial charge on any atom is 0.337 e. The molecular formula is C14H18FNO3. The zero-order valence-corrected chi connectivity index (χ0v) is 10.9. The SMILES string of the molecule is COC(=O)c1ccc(F)c(CN2CCC[C@@H]2CO)c1. The van der Waals surface area contributed by atoms with Gasteiger partial charge in [-0.15, -0.1) is 0 Å². The minimum atomic E-state index is -0.471. The van der Waals surface area contributed by atoms with Crippen molar-refractivity contribution >= 4 is 5.97 Å². The third-order valence-electron chi connectivity index (χ3n) is 3.55. The summed E-state index contributed by atoms with van der Waals surface area (Å²) in [7, 11) is 1.30. The number of hydrogen-bond donors (Lipinski definition) is 1. The van der Waals surface area contributed by atoms with E-state index in [0.717, 1.165) is 19.4 Å². The Morgan fingerprint density at radius 2 is 2.37 bits per heavy atom. The second kappa shape index (κ2) is 6.12. The highest BCUT2D eigenvalue weighted by Gasteiger charge is 2.24. The van der Waals surface area contributed by atoms with Crippen LogP contribution in [0.1, 0.15) is 28.8 Å². The third kappa shape index (κ3) is 3.11. The van der Waals surface area contributed by atoms with E-state index < -0.39 is 5.97 Å². The van der Waals surface area contributed by atoms with Gasteiger partial charge in [-0.05, 0) is 37.6 Å². The molecule has 0 aliphatic carbocycles. The number of carbonyl (C=O) groups excluding carboxylic acids is 1. The summed E-state index contributed by atoms with van der Waals surface area (Å²) in [5.74, 6) is -0.808. The van der Waals surface area contributed by atoms with Crippen molar-refractivity contribution < 1.29 is 19.0 Å². The van der Waals surface area contributed by atoms with Crippen molar-refractivity contribution in [1.29, 1.82) is 0 Å². The van der Waals surface area contributed by atoms with Crippen LogP contribution in [0.3, 0.4) is 0 Å². The van der Waals surface area contributed by atoms with E-state index in [1.54, 1.807) is 0 Å². The Balaban J connectivity index is 2.17. The first kappa shape index (κ1) is 14.0. The molecule has 5 heteroatoms. The van der Waals surface area contributed by atoms with Crippen molar-refractivity contribution in [2.24, 2.45) is 0 Å². The Labute approximate surface area is 111 Å². The number of ether oxygens (including phenoxy) is 1. The van der Waals surface area contributed by atoms with E-state index in [-0.39, 0.29) is 18.5 Å². The summed E-state index contributed by atoms with van der Waals surface area (Å²) >= 11 is 0. The fourth-order valence-electron chi connectivity index (χ4n) is 2.47. The molecule has 1 atom stereocenters. The minimum Gasteiger partial charge on any atom is -0.465 e. The largest absolute Gasteiger partial charge is 0.465 e. The molecule has 1 aliphatic rings. The van der Waals surface area contributed by atoms with Crippen LogP contribution in [0.4, 0.5) is 4.39 Å². The predicted molar refractivity (Wildman–Crippen MR) is 68.3 cm³/mol. The van der Waals surface area contributed by atoms with Gasteiger partial charge in [0, 0.05) is 18.2 Å². The maximum absolute atomic E-state index is 13.8. The average molecular weight is 267 g/mol. The molecule has 19 heavy (non-hydrogen) atoms. The van der Waals surface area contributed by atoms with Crippen LogP contribution in [-0.2, 0) is 11.3 Å². The highest BCUT2D eigenvalue weighted by molar-refractivity contribution is 5.89. The summed E-state index contributed by atoms with van der Waals surface area (Å²) in [6.07, 6.45) is 1.93. The van der Waals surface area contributed by atoms with Crippen molar-refractivity contribution in [2.75, 3.05) is 20.3 Å². The van der Waals surface area contributed by atoms with Crippen LogP contribution < -0.4 is 0 Å². The molecule has 1 aliphatic heterocycles. The first-order valence-corrected chi connectivity index (χ1v) is 6.37. The van der Waals surface area contributed by atoms with Crippen molar-refractivity contribution in [3.8, 4) is 0 Å². The van der Waals surface area contributed by atoms with E-state index in [9.17, 15) is 14.3 Å². The van der Waals surface area contributed by atoms with E-state index in [0.29, 0.717) is 17.7 Å². The molecule has 4 nitrogen and oxygen atoms in total. The summed E-state index contributed by atoms with van der Waals surface area (Å²) in [5.41, 5.74) is 0.807. The van der Waals surface area contributed by atoms with Crippen molar-refractivity contribution in [2.45, 2.75) is 25.4 Å². The molecule has 1 aromatic carbocycles. The molecule has 0 spiro atoms. The zero-order valence-electron chi connectivity index (χ0n) is 10.9. The molecule has 104 valence electrons. The molecule has 1 saturated heterocycles. The first-order chi connectivity index (χ1) is 9.15. The second-order valence-electron chi connectivity index (χ2n) is 4.75. The van der Waals surface area contributed by atoms with Gasteiger partial charge < -0.3 is 9.84 Å². The van der Waals surface area contributed by atoms with Gasteiger partial charge in [0.25, 0.3) is 0 Å². The Hall–Kier alpha value is -1.46. The second-order valence-corrected chi connectivity index (χ2v) is 4.75. The molecule has 1 aromatic rings. The number of esters is 1. The average Bonchev–Trinajstić information content (AvgIpc) is 2.87. The Morgan fingerprint density at radius 1 is 1.58 bits per heavy atom. The number of halogens is 1. The number of benzene rings is 1. The summed E-state index contributed by atoms with van der Waals surface area (Å²) < 4.78 is 18.4. The Bertz CT molecular complexity index is 464. The van der Waals surface area contributed by atoms with E-state index in [1.165, 1.54) is 25.3 Å². The molecule has 1 heterocycles. The van der Waals surface area contributed by atoms with Gasteiger partial charge in [-0.2, -0.15) is 0 Å². The van der Waals surface area contributed by atoms with Crippen LogP contribution in [-0.4, -0.2) is 42.3 Å². The van der Waals surface area contributed by atoms with Gasteiger partial charge in [-0.25, -0.2) is 9.18 Å². The lowest BCUT2D eigenvalue weighted by Crippen LogP contribution is -2.32. The van der Waals surface area contributed by atoms with Gasteiger partial charge >= 0.3 is 5.97 Å². The predicted octanol–water partition coefficient (Wildman–Crippen LogP) is 1.57. The molecule has 0 radical (unpaired) electrons. The number of aliphatic hydroxyl groups is 1. The quantitative estimate of drug-likeness (QED) is 0.841. The third-order valence-corrected chi connectivity index (χ3v) is 3.55. The fraction of sp³-hybridized carbons (Fsp3) is 0.500. The van der Waals surface area contributed by atoms with Crippen LogP contribution in [0.15, 0.2) is 18.2 Å². The van der Waals surface area contributed by atoms with Gasteiger partial charge in [-0.3, -0.25) is 4.90 Å².